The smallest absolute Gasteiger partial charge is 0.224 e. The van der Waals surface area contributed by atoms with E-state index in [1.165, 1.54) is 0 Å². The van der Waals surface area contributed by atoms with Gasteiger partial charge in [-0.1, -0.05) is 10.5 Å². The summed E-state index contributed by atoms with van der Waals surface area (Å²) in [6, 6.07) is 0. The molecule has 0 N–H and O–H groups in total. The summed E-state index contributed by atoms with van der Waals surface area (Å²) in [5.41, 5.74) is -6.19. The molecule has 0 saturated carbocycles. The molecule has 2 nitrogen and oxygen atoms in total. The van der Waals surface area contributed by atoms with Crippen molar-refractivity contribution in [2.45, 2.75) is 23.0 Å². The topological polar surface area (TPSA) is 34.1 Å². The quantitative estimate of drug-likeness (QED) is 0.454. The molecule has 0 aliphatic rings. The zero-order valence-electron chi connectivity index (χ0n) is 7.91. The lowest BCUT2D eigenvalue weighted by molar-refractivity contribution is -0.338. The molecule has 0 aliphatic heterocycles. The van der Waals surface area contributed by atoms with E-state index in [2.05, 4.69) is 0 Å². The summed E-state index contributed by atoms with van der Waals surface area (Å²) in [5, 5.41) is -6.67. The van der Waals surface area contributed by atoms with E-state index in [4.69, 9.17) is 0 Å². The molecule has 0 aromatic rings. The SMILES string of the molecule is C=CC(F)(C(F)(F)C(F)(F)F)C(F)(F)S(=O)(=O)F. The van der Waals surface area contributed by atoms with Crippen LogP contribution in [0.5, 0.6) is 0 Å². The fraction of sp³-hybridized carbons (Fsp3) is 0.667. The molecule has 0 aromatic heterocycles. The number of hydrogen-bond donors (Lipinski definition) is 0. The lowest BCUT2D eigenvalue weighted by Gasteiger charge is -2.35. The van der Waals surface area contributed by atoms with Crippen LogP contribution in [0.2, 0.25) is 0 Å². The molecule has 0 spiro atoms. The van der Waals surface area contributed by atoms with Crippen molar-refractivity contribution in [1.29, 1.82) is 0 Å². The first-order valence-corrected chi connectivity index (χ1v) is 5.03. The van der Waals surface area contributed by atoms with Crippen LogP contribution in [-0.4, -0.2) is 31.4 Å². The molecule has 1 unspecified atom stereocenters. The van der Waals surface area contributed by atoms with Crippen molar-refractivity contribution in [3.63, 3.8) is 0 Å². The van der Waals surface area contributed by atoms with E-state index in [0.717, 1.165) is 0 Å². The summed E-state index contributed by atoms with van der Waals surface area (Å²) in [6.45, 7) is 1.93. The Bertz CT molecular complexity index is 436. The van der Waals surface area contributed by atoms with Crippen LogP contribution in [-0.2, 0) is 10.2 Å². The minimum absolute atomic E-state index is 1.31. The maximum atomic E-state index is 13.1. The molecule has 0 heterocycles. The van der Waals surface area contributed by atoms with E-state index in [-0.39, 0.29) is 0 Å². The summed E-state index contributed by atoms with van der Waals surface area (Å²) >= 11 is 0. The third-order valence-corrected chi connectivity index (χ3v) is 2.73. The second-order valence-electron chi connectivity index (χ2n) is 2.94. The largest absolute Gasteiger partial charge is 0.457 e. The van der Waals surface area contributed by atoms with Crippen LogP contribution in [0.3, 0.4) is 0 Å². The second kappa shape index (κ2) is 4.03. The van der Waals surface area contributed by atoms with Gasteiger partial charge in [-0.15, -0.1) is 0 Å². The van der Waals surface area contributed by atoms with Crippen LogP contribution in [0.25, 0.3) is 0 Å². The molecule has 108 valence electrons. The van der Waals surface area contributed by atoms with E-state index in [9.17, 15) is 47.4 Å². The molecule has 1 atom stereocenters. The summed E-state index contributed by atoms with van der Waals surface area (Å²) in [6.07, 6.45) is -8.19. The molecule has 0 aliphatic carbocycles. The van der Waals surface area contributed by atoms with Crippen molar-refractivity contribution in [2.75, 3.05) is 0 Å². The summed E-state index contributed by atoms with van der Waals surface area (Å²) in [4.78, 5) is 0. The third-order valence-electron chi connectivity index (χ3n) is 1.82. The van der Waals surface area contributed by atoms with Gasteiger partial charge in [0, 0.05) is 0 Å². The van der Waals surface area contributed by atoms with Gasteiger partial charge in [0.25, 0.3) is 5.67 Å². The average Bonchev–Trinajstić information content (AvgIpc) is 2.12. The fourth-order valence-corrected chi connectivity index (χ4v) is 1.38. The number of allylic oxidation sites excluding steroid dienone is 1. The van der Waals surface area contributed by atoms with Gasteiger partial charge >= 0.3 is 27.6 Å². The Labute approximate surface area is 94.3 Å². The molecule has 0 saturated heterocycles. The highest BCUT2D eigenvalue weighted by molar-refractivity contribution is 7.87. The summed E-state index contributed by atoms with van der Waals surface area (Å²) in [7, 11) is -7.38. The molecule has 18 heavy (non-hydrogen) atoms. The Hall–Kier alpha value is -0.940. The van der Waals surface area contributed by atoms with Crippen LogP contribution in [0.4, 0.5) is 39.0 Å². The van der Waals surface area contributed by atoms with Gasteiger partial charge in [-0.05, 0) is 6.08 Å². The third kappa shape index (κ3) is 2.06. The lowest BCUT2D eigenvalue weighted by atomic mass is 9.97. The van der Waals surface area contributed by atoms with E-state index >= 15 is 0 Å². The van der Waals surface area contributed by atoms with Crippen LogP contribution in [0.15, 0.2) is 12.7 Å². The van der Waals surface area contributed by atoms with E-state index in [0.29, 0.717) is 0 Å². The van der Waals surface area contributed by atoms with Crippen molar-refractivity contribution in [2.24, 2.45) is 0 Å². The molecule has 0 radical (unpaired) electrons. The highest BCUT2D eigenvalue weighted by Gasteiger charge is 2.82. The maximum Gasteiger partial charge on any atom is 0.457 e. The normalized spacial score (nSPS) is 18.3. The Kier molecular flexibility index (Phi) is 3.82. The van der Waals surface area contributed by atoms with Crippen molar-refractivity contribution < 1.29 is 47.4 Å². The van der Waals surface area contributed by atoms with Gasteiger partial charge in [-0.25, -0.2) is 4.39 Å². The molecule has 0 rings (SSSR count). The fourth-order valence-electron chi connectivity index (χ4n) is 0.813. The molecule has 0 amide bonds. The second-order valence-corrected chi connectivity index (χ2v) is 4.33. The standard InChI is InChI=1S/C6H3F9O2S/c1-2-3(7,4(8,9)5(10,11)12)6(13,14)18(15,16)17/h2H,1H2. The van der Waals surface area contributed by atoms with Crippen LogP contribution < -0.4 is 0 Å². The molecule has 0 fully saturated rings. The van der Waals surface area contributed by atoms with Crippen molar-refractivity contribution in [3.05, 3.63) is 12.7 Å². The maximum absolute atomic E-state index is 13.1. The first-order chi connectivity index (χ1) is 7.56. The highest BCUT2D eigenvalue weighted by Crippen LogP contribution is 2.54. The van der Waals surface area contributed by atoms with E-state index in [1.54, 1.807) is 0 Å². The predicted molar refractivity (Wildman–Crippen MR) is 40.0 cm³/mol. The minimum Gasteiger partial charge on any atom is -0.224 e. The van der Waals surface area contributed by atoms with Crippen LogP contribution in [0, 0.1) is 0 Å². The van der Waals surface area contributed by atoms with Gasteiger partial charge in [0.05, 0.1) is 0 Å². The van der Waals surface area contributed by atoms with Gasteiger partial charge in [0.2, 0.25) is 0 Å². The predicted octanol–water partition coefficient (Wildman–Crippen LogP) is 2.97. The van der Waals surface area contributed by atoms with Gasteiger partial charge < -0.3 is 0 Å². The number of halogens is 9. The Balaban J connectivity index is 6.22. The number of alkyl halides is 8. The average molecular weight is 310 g/mol. The zero-order valence-corrected chi connectivity index (χ0v) is 8.73. The van der Waals surface area contributed by atoms with Gasteiger partial charge in [-0.3, -0.25) is 0 Å². The Morgan fingerprint density at radius 1 is 0.889 bits per heavy atom. The minimum atomic E-state index is -7.38. The Morgan fingerprint density at radius 2 is 1.22 bits per heavy atom. The molecule has 0 bridgehead atoms. The first-order valence-electron chi connectivity index (χ1n) is 3.65. The first kappa shape index (κ1) is 17.1. The molecule has 0 aromatic carbocycles. The molecular formula is C6H3F9O2S. The van der Waals surface area contributed by atoms with E-state index < -0.39 is 39.3 Å². The summed E-state index contributed by atoms with van der Waals surface area (Å²) < 4.78 is 130. The highest BCUT2D eigenvalue weighted by atomic mass is 32.3. The molecule has 12 heteroatoms. The van der Waals surface area contributed by atoms with Gasteiger partial charge in [0.1, 0.15) is 0 Å². The monoisotopic (exact) mass is 310 g/mol. The van der Waals surface area contributed by atoms with Crippen molar-refractivity contribution in [1.82, 2.24) is 0 Å². The molecular weight excluding hydrogens is 307 g/mol. The van der Waals surface area contributed by atoms with Gasteiger partial charge in [-0.2, -0.15) is 39.2 Å². The number of hydrogen-bond acceptors (Lipinski definition) is 2. The Morgan fingerprint density at radius 3 is 1.39 bits per heavy atom. The summed E-state index contributed by atoms with van der Waals surface area (Å²) in [5.74, 6) is -6.87. The van der Waals surface area contributed by atoms with E-state index in [1.807, 2.05) is 6.58 Å². The van der Waals surface area contributed by atoms with Crippen LogP contribution >= 0.6 is 0 Å². The van der Waals surface area contributed by atoms with Crippen molar-refractivity contribution >= 4 is 10.2 Å². The number of rotatable bonds is 4. The van der Waals surface area contributed by atoms with Crippen LogP contribution in [0.1, 0.15) is 0 Å². The van der Waals surface area contributed by atoms with Crippen molar-refractivity contribution in [3.8, 4) is 0 Å². The lowest BCUT2D eigenvalue weighted by Crippen LogP contribution is -2.64. The zero-order chi connectivity index (χ0) is 15.2. The van der Waals surface area contributed by atoms with Gasteiger partial charge in [0.15, 0.2) is 0 Å².